The van der Waals surface area contributed by atoms with Crippen molar-refractivity contribution in [2.45, 2.75) is 31.0 Å². The first kappa shape index (κ1) is 12.1. The van der Waals surface area contributed by atoms with E-state index in [0.29, 0.717) is 10.7 Å². The number of thiophene rings is 1. The zero-order chi connectivity index (χ0) is 11.5. The van der Waals surface area contributed by atoms with Crippen molar-refractivity contribution in [3.8, 4) is 0 Å². The minimum absolute atomic E-state index is 0.0738. The highest BCUT2D eigenvalue weighted by Gasteiger charge is 2.25. The maximum Gasteiger partial charge on any atom is 0.261 e. The average molecular weight is 302 g/mol. The molecule has 1 aromatic heterocycles. The van der Waals surface area contributed by atoms with E-state index in [1.165, 1.54) is 24.1 Å². The van der Waals surface area contributed by atoms with E-state index in [-0.39, 0.29) is 5.91 Å². The largest absolute Gasteiger partial charge is 0.351 e. The summed E-state index contributed by atoms with van der Waals surface area (Å²) in [5, 5.41) is 3.03. The Morgan fingerprint density at radius 1 is 1.56 bits per heavy atom. The van der Waals surface area contributed by atoms with Crippen molar-refractivity contribution in [1.82, 2.24) is 5.32 Å². The topological polar surface area (TPSA) is 29.1 Å². The minimum Gasteiger partial charge on any atom is -0.351 e. The number of carbonyl (C=O) groups excluding carboxylic acids is 1. The van der Waals surface area contributed by atoms with Gasteiger partial charge >= 0.3 is 0 Å². The first-order chi connectivity index (χ1) is 7.66. The molecule has 1 amide bonds. The van der Waals surface area contributed by atoms with Gasteiger partial charge in [0.2, 0.25) is 0 Å². The van der Waals surface area contributed by atoms with Gasteiger partial charge in [0.15, 0.2) is 0 Å². The number of alkyl halides is 1. The lowest BCUT2D eigenvalue weighted by Crippen LogP contribution is -2.30. The smallest absolute Gasteiger partial charge is 0.261 e. The fourth-order valence-corrected chi connectivity index (χ4v) is 3.65. The SMILES string of the molecule is Cc1ccc(C(=O)NCC2CCCC2Br)s1. The zero-order valence-corrected chi connectivity index (χ0v) is 11.7. The molecule has 0 aromatic carbocycles. The third-order valence-corrected chi connectivity index (χ3v) is 5.26. The molecule has 0 bridgehead atoms. The Labute approximate surface area is 109 Å². The van der Waals surface area contributed by atoms with Crippen molar-refractivity contribution in [3.63, 3.8) is 0 Å². The highest BCUT2D eigenvalue weighted by Crippen LogP contribution is 2.30. The summed E-state index contributed by atoms with van der Waals surface area (Å²) >= 11 is 5.22. The summed E-state index contributed by atoms with van der Waals surface area (Å²) in [5.41, 5.74) is 0. The Morgan fingerprint density at radius 2 is 2.38 bits per heavy atom. The molecule has 2 nitrogen and oxygen atoms in total. The molecule has 1 aliphatic rings. The summed E-state index contributed by atoms with van der Waals surface area (Å²) in [6.45, 7) is 2.82. The summed E-state index contributed by atoms with van der Waals surface area (Å²) in [7, 11) is 0. The molecule has 1 aliphatic carbocycles. The van der Waals surface area contributed by atoms with Crippen LogP contribution in [0.25, 0.3) is 0 Å². The fraction of sp³-hybridized carbons (Fsp3) is 0.583. The Balaban J connectivity index is 1.84. The van der Waals surface area contributed by atoms with Crippen LogP contribution in [0.15, 0.2) is 12.1 Å². The number of halogens is 1. The quantitative estimate of drug-likeness (QED) is 0.852. The average Bonchev–Trinajstić information content (AvgIpc) is 2.84. The molecule has 4 heteroatoms. The van der Waals surface area contributed by atoms with Crippen molar-refractivity contribution >= 4 is 33.2 Å². The van der Waals surface area contributed by atoms with Gasteiger partial charge in [0.25, 0.3) is 5.91 Å². The maximum absolute atomic E-state index is 11.8. The minimum atomic E-state index is 0.0738. The van der Waals surface area contributed by atoms with Gasteiger partial charge in [-0.3, -0.25) is 4.79 Å². The number of hydrogen-bond donors (Lipinski definition) is 1. The Hall–Kier alpha value is -0.350. The van der Waals surface area contributed by atoms with Gasteiger partial charge in [-0.15, -0.1) is 11.3 Å². The second-order valence-corrected chi connectivity index (χ2v) is 6.79. The van der Waals surface area contributed by atoms with Crippen molar-refractivity contribution < 1.29 is 4.79 Å². The van der Waals surface area contributed by atoms with E-state index in [4.69, 9.17) is 0 Å². The number of rotatable bonds is 3. The Morgan fingerprint density at radius 3 is 2.94 bits per heavy atom. The van der Waals surface area contributed by atoms with E-state index < -0.39 is 0 Å². The van der Waals surface area contributed by atoms with Crippen molar-refractivity contribution in [3.05, 3.63) is 21.9 Å². The molecule has 2 atom stereocenters. The van der Waals surface area contributed by atoms with Crippen molar-refractivity contribution in [2.75, 3.05) is 6.54 Å². The molecular formula is C12H16BrNOS. The van der Waals surface area contributed by atoms with E-state index >= 15 is 0 Å². The zero-order valence-electron chi connectivity index (χ0n) is 9.33. The van der Waals surface area contributed by atoms with Crippen LogP contribution in [0, 0.1) is 12.8 Å². The van der Waals surface area contributed by atoms with Crippen LogP contribution in [0.5, 0.6) is 0 Å². The summed E-state index contributed by atoms with van der Waals surface area (Å²) in [4.78, 5) is 14.4. The molecule has 1 N–H and O–H groups in total. The lowest BCUT2D eigenvalue weighted by Gasteiger charge is -2.14. The predicted octanol–water partition coefficient (Wildman–Crippen LogP) is 3.35. The molecule has 0 spiro atoms. The number of carbonyl (C=O) groups is 1. The fourth-order valence-electron chi connectivity index (χ4n) is 2.09. The normalized spacial score (nSPS) is 24.6. The molecule has 0 aliphatic heterocycles. The molecular weight excluding hydrogens is 286 g/mol. The van der Waals surface area contributed by atoms with E-state index in [2.05, 4.69) is 21.2 Å². The monoisotopic (exact) mass is 301 g/mol. The van der Waals surface area contributed by atoms with Crippen LogP contribution in [0.2, 0.25) is 0 Å². The summed E-state index contributed by atoms with van der Waals surface area (Å²) < 4.78 is 0. The molecule has 2 unspecified atom stereocenters. The summed E-state index contributed by atoms with van der Waals surface area (Å²) in [6, 6.07) is 3.89. The second-order valence-electron chi connectivity index (χ2n) is 4.33. The molecule has 16 heavy (non-hydrogen) atoms. The standard InChI is InChI=1S/C12H16BrNOS/c1-8-5-6-11(16-8)12(15)14-7-9-3-2-4-10(9)13/h5-6,9-10H,2-4,7H2,1H3,(H,14,15). The summed E-state index contributed by atoms with van der Waals surface area (Å²) in [6.07, 6.45) is 3.73. The highest BCUT2D eigenvalue weighted by molar-refractivity contribution is 9.09. The van der Waals surface area contributed by atoms with Gasteiger partial charge in [0, 0.05) is 16.2 Å². The van der Waals surface area contributed by atoms with E-state index in [0.717, 1.165) is 11.4 Å². The first-order valence-electron chi connectivity index (χ1n) is 5.65. The summed E-state index contributed by atoms with van der Waals surface area (Å²) in [5.74, 6) is 0.676. The van der Waals surface area contributed by atoms with E-state index in [9.17, 15) is 4.79 Å². The van der Waals surface area contributed by atoms with Gasteiger partial charge in [-0.25, -0.2) is 0 Å². The van der Waals surface area contributed by atoms with Crippen LogP contribution in [-0.4, -0.2) is 17.3 Å². The second kappa shape index (κ2) is 5.32. The predicted molar refractivity (Wildman–Crippen MR) is 71.4 cm³/mol. The lowest BCUT2D eigenvalue weighted by molar-refractivity contribution is 0.0952. The Bertz CT molecular complexity index is 377. The number of aryl methyl sites for hydroxylation is 1. The number of nitrogens with one attached hydrogen (secondary N) is 1. The van der Waals surface area contributed by atoms with Crippen LogP contribution in [0.3, 0.4) is 0 Å². The third-order valence-electron chi connectivity index (χ3n) is 3.06. The molecule has 0 saturated heterocycles. The van der Waals surface area contributed by atoms with Crippen molar-refractivity contribution in [1.29, 1.82) is 0 Å². The van der Waals surface area contributed by atoms with Crippen LogP contribution < -0.4 is 5.32 Å². The van der Waals surface area contributed by atoms with Gasteiger partial charge < -0.3 is 5.32 Å². The van der Waals surface area contributed by atoms with E-state index in [1.54, 1.807) is 11.3 Å². The molecule has 1 saturated carbocycles. The third kappa shape index (κ3) is 2.86. The van der Waals surface area contributed by atoms with Gasteiger partial charge in [-0.05, 0) is 37.8 Å². The maximum atomic E-state index is 11.8. The van der Waals surface area contributed by atoms with E-state index in [1.807, 2.05) is 19.1 Å². The molecule has 0 radical (unpaired) electrons. The van der Waals surface area contributed by atoms with Crippen molar-refractivity contribution in [2.24, 2.45) is 5.92 Å². The van der Waals surface area contributed by atoms with Gasteiger partial charge in [0.05, 0.1) is 4.88 Å². The van der Waals surface area contributed by atoms with Crippen LogP contribution >= 0.6 is 27.3 Å². The van der Waals surface area contributed by atoms with Gasteiger partial charge in [-0.2, -0.15) is 0 Å². The molecule has 1 fully saturated rings. The van der Waals surface area contributed by atoms with Crippen LogP contribution in [-0.2, 0) is 0 Å². The molecule has 1 aromatic rings. The molecule has 2 rings (SSSR count). The molecule has 88 valence electrons. The van der Waals surface area contributed by atoms with Crippen LogP contribution in [0.4, 0.5) is 0 Å². The molecule has 1 heterocycles. The highest BCUT2D eigenvalue weighted by atomic mass is 79.9. The lowest BCUT2D eigenvalue weighted by atomic mass is 10.1. The van der Waals surface area contributed by atoms with Crippen LogP contribution in [0.1, 0.15) is 33.8 Å². The van der Waals surface area contributed by atoms with Gasteiger partial charge in [0.1, 0.15) is 0 Å². The number of amides is 1. The Kier molecular flexibility index (Phi) is 4.03. The van der Waals surface area contributed by atoms with Gasteiger partial charge in [-0.1, -0.05) is 22.4 Å². The first-order valence-corrected chi connectivity index (χ1v) is 7.39. The number of hydrogen-bond acceptors (Lipinski definition) is 2.